The number of rotatable bonds is 5. The maximum absolute atomic E-state index is 13.2. The average Bonchev–Trinajstić information content (AvgIpc) is 2.36. The van der Waals surface area contributed by atoms with Crippen LogP contribution in [0.1, 0.15) is 12.5 Å². The van der Waals surface area contributed by atoms with Gasteiger partial charge in [0.2, 0.25) is 0 Å². The first-order chi connectivity index (χ1) is 9.13. The summed E-state index contributed by atoms with van der Waals surface area (Å²) in [5.74, 6) is -1.08. The molecule has 0 atom stereocenters. The number of benzene rings is 1. The van der Waals surface area contributed by atoms with Crippen molar-refractivity contribution in [3.05, 3.63) is 35.6 Å². The van der Waals surface area contributed by atoms with Crippen LogP contribution in [0.4, 0.5) is 9.18 Å². The average molecular weight is 267 g/mol. The molecular weight excluding hydrogens is 253 g/mol. The van der Waals surface area contributed by atoms with E-state index in [4.69, 9.17) is 0 Å². The molecule has 1 aromatic rings. The van der Waals surface area contributed by atoms with Crippen LogP contribution < -0.4 is 10.6 Å². The number of hydrogen-bond acceptors (Lipinski definition) is 4. The molecule has 0 aliphatic carbocycles. The first kappa shape index (κ1) is 14.6. The summed E-state index contributed by atoms with van der Waals surface area (Å²) in [4.78, 5) is 26.8. The number of amides is 3. The van der Waals surface area contributed by atoms with E-state index in [2.05, 4.69) is 15.3 Å². The maximum atomic E-state index is 13.2. The van der Waals surface area contributed by atoms with Crippen LogP contribution in [-0.2, 0) is 9.63 Å². The fraction of sp³-hybridized carbons (Fsp3) is 0.250. The topological polar surface area (TPSA) is 79.8 Å². The summed E-state index contributed by atoms with van der Waals surface area (Å²) >= 11 is 0. The zero-order chi connectivity index (χ0) is 14.1. The molecule has 0 unspecified atom stereocenters. The van der Waals surface area contributed by atoms with Crippen molar-refractivity contribution in [2.24, 2.45) is 5.16 Å². The van der Waals surface area contributed by atoms with Gasteiger partial charge in [0.05, 0.1) is 6.21 Å². The molecule has 0 radical (unpaired) electrons. The monoisotopic (exact) mass is 267 g/mol. The number of urea groups is 1. The van der Waals surface area contributed by atoms with Crippen molar-refractivity contribution in [2.75, 3.05) is 13.2 Å². The summed E-state index contributed by atoms with van der Waals surface area (Å²) in [6.07, 6.45) is 1.15. The van der Waals surface area contributed by atoms with Crippen molar-refractivity contribution in [2.45, 2.75) is 6.92 Å². The second-order valence-electron chi connectivity index (χ2n) is 3.44. The molecule has 0 bridgehead atoms. The van der Waals surface area contributed by atoms with Crippen LogP contribution in [0.25, 0.3) is 0 Å². The lowest BCUT2D eigenvalue weighted by Gasteiger charge is -2.03. The van der Waals surface area contributed by atoms with E-state index >= 15 is 0 Å². The largest absolute Gasteiger partial charge is 0.386 e. The van der Waals surface area contributed by atoms with Gasteiger partial charge in [0, 0.05) is 12.1 Å². The smallest absolute Gasteiger partial charge is 0.321 e. The Balaban J connectivity index is 2.32. The summed E-state index contributed by atoms with van der Waals surface area (Å²) in [6, 6.07) is 5.38. The van der Waals surface area contributed by atoms with Gasteiger partial charge in [-0.2, -0.15) is 0 Å². The molecule has 0 aliphatic rings. The SMILES string of the molecule is CCNC(=O)NC(=O)CO/N=C\c1ccccc1F. The normalized spacial score (nSPS) is 10.2. The molecular formula is C12H14FN3O3. The Morgan fingerprint density at radius 2 is 2.16 bits per heavy atom. The fourth-order valence-corrected chi connectivity index (χ4v) is 1.14. The van der Waals surface area contributed by atoms with Gasteiger partial charge >= 0.3 is 6.03 Å². The van der Waals surface area contributed by atoms with Gasteiger partial charge in [0.25, 0.3) is 5.91 Å². The van der Waals surface area contributed by atoms with Gasteiger partial charge in [-0.25, -0.2) is 9.18 Å². The maximum Gasteiger partial charge on any atom is 0.321 e. The molecule has 0 heterocycles. The van der Waals surface area contributed by atoms with E-state index in [9.17, 15) is 14.0 Å². The van der Waals surface area contributed by atoms with Crippen LogP contribution in [0.3, 0.4) is 0 Å². The zero-order valence-electron chi connectivity index (χ0n) is 10.4. The number of oxime groups is 1. The molecule has 0 fully saturated rings. The predicted molar refractivity (Wildman–Crippen MR) is 67.2 cm³/mol. The van der Waals surface area contributed by atoms with Gasteiger partial charge in [-0.05, 0) is 13.0 Å². The van der Waals surface area contributed by atoms with E-state index in [1.807, 2.05) is 5.32 Å². The summed E-state index contributed by atoms with van der Waals surface area (Å²) < 4.78 is 13.2. The number of nitrogens with zero attached hydrogens (tertiary/aromatic N) is 1. The molecule has 1 aromatic carbocycles. The highest BCUT2D eigenvalue weighted by atomic mass is 19.1. The molecule has 6 nitrogen and oxygen atoms in total. The first-order valence-electron chi connectivity index (χ1n) is 5.61. The van der Waals surface area contributed by atoms with Crippen molar-refractivity contribution in [3.8, 4) is 0 Å². The highest BCUT2D eigenvalue weighted by Gasteiger charge is 2.06. The van der Waals surface area contributed by atoms with Gasteiger partial charge in [-0.1, -0.05) is 23.4 Å². The van der Waals surface area contributed by atoms with Gasteiger partial charge < -0.3 is 10.2 Å². The lowest BCUT2D eigenvalue weighted by Crippen LogP contribution is -2.40. The van der Waals surface area contributed by atoms with Crippen molar-refractivity contribution in [3.63, 3.8) is 0 Å². The molecule has 7 heteroatoms. The number of hydrogen-bond donors (Lipinski definition) is 2. The van der Waals surface area contributed by atoms with E-state index in [0.717, 1.165) is 6.21 Å². The van der Waals surface area contributed by atoms with E-state index in [1.54, 1.807) is 19.1 Å². The Labute approximate surface area is 109 Å². The number of carbonyl (C=O) groups is 2. The van der Waals surface area contributed by atoms with Gasteiger partial charge in [-0.15, -0.1) is 0 Å². The number of imide groups is 1. The minimum Gasteiger partial charge on any atom is -0.386 e. The lowest BCUT2D eigenvalue weighted by atomic mass is 10.2. The van der Waals surface area contributed by atoms with Crippen LogP contribution in [0.5, 0.6) is 0 Å². The minimum atomic E-state index is -0.642. The summed E-state index contributed by atoms with van der Waals surface area (Å²) in [6.45, 7) is 1.70. The molecule has 19 heavy (non-hydrogen) atoms. The highest BCUT2D eigenvalue weighted by Crippen LogP contribution is 2.02. The predicted octanol–water partition coefficient (Wildman–Crippen LogP) is 1.02. The molecule has 0 aliphatic heterocycles. The zero-order valence-corrected chi connectivity index (χ0v) is 10.4. The molecule has 2 N–H and O–H groups in total. The van der Waals surface area contributed by atoms with Crippen LogP contribution in [0.15, 0.2) is 29.4 Å². The molecule has 3 amide bonds. The van der Waals surface area contributed by atoms with Crippen LogP contribution in [0.2, 0.25) is 0 Å². The third-order valence-corrected chi connectivity index (χ3v) is 1.96. The summed E-state index contributed by atoms with van der Waals surface area (Å²) in [5, 5.41) is 7.85. The highest BCUT2D eigenvalue weighted by molar-refractivity contribution is 5.94. The van der Waals surface area contributed by atoms with Crippen molar-refractivity contribution < 1.29 is 18.8 Å². The number of halogens is 1. The van der Waals surface area contributed by atoms with Gasteiger partial charge in [-0.3, -0.25) is 10.1 Å². The molecule has 0 aromatic heterocycles. The quantitative estimate of drug-likeness (QED) is 0.617. The van der Waals surface area contributed by atoms with Crippen molar-refractivity contribution in [1.82, 2.24) is 10.6 Å². The Morgan fingerprint density at radius 3 is 2.84 bits per heavy atom. The Kier molecular flexibility index (Phi) is 6.00. The molecule has 102 valence electrons. The van der Waals surface area contributed by atoms with Gasteiger partial charge in [0.1, 0.15) is 5.82 Å². The summed E-state index contributed by atoms with van der Waals surface area (Å²) in [7, 11) is 0. The third kappa shape index (κ3) is 5.62. The van der Waals surface area contributed by atoms with Gasteiger partial charge in [0.15, 0.2) is 6.61 Å². The van der Waals surface area contributed by atoms with Crippen molar-refractivity contribution in [1.29, 1.82) is 0 Å². The second kappa shape index (κ2) is 7.80. The summed E-state index contributed by atoms with van der Waals surface area (Å²) in [5.41, 5.74) is 0.242. The third-order valence-electron chi connectivity index (χ3n) is 1.96. The van der Waals surface area contributed by atoms with E-state index in [1.165, 1.54) is 12.1 Å². The Morgan fingerprint density at radius 1 is 1.42 bits per heavy atom. The standard InChI is InChI=1S/C12H14FN3O3/c1-2-14-12(18)16-11(17)8-19-15-7-9-5-3-4-6-10(9)13/h3-7H,2,8H2,1H3,(H2,14,16,17,18)/b15-7-. The number of nitrogens with one attached hydrogen (secondary N) is 2. The Bertz CT molecular complexity index is 477. The van der Waals surface area contributed by atoms with Crippen LogP contribution in [-0.4, -0.2) is 31.3 Å². The molecule has 0 saturated heterocycles. The van der Waals surface area contributed by atoms with Crippen LogP contribution in [0, 0.1) is 5.82 Å². The van der Waals surface area contributed by atoms with Crippen LogP contribution >= 0.6 is 0 Å². The molecule has 1 rings (SSSR count). The van der Waals surface area contributed by atoms with E-state index < -0.39 is 24.4 Å². The van der Waals surface area contributed by atoms with E-state index in [-0.39, 0.29) is 5.56 Å². The second-order valence-corrected chi connectivity index (χ2v) is 3.44. The first-order valence-corrected chi connectivity index (χ1v) is 5.61. The van der Waals surface area contributed by atoms with Crippen molar-refractivity contribution >= 4 is 18.2 Å². The number of carbonyl (C=O) groups excluding carboxylic acids is 2. The molecule has 0 saturated carbocycles. The fourth-order valence-electron chi connectivity index (χ4n) is 1.14. The van der Waals surface area contributed by atoms with E-state index in [0.29, 0.717) is 6.54 Å². The lowest BCUT2D eigenvalue weighted by molar-refractivity contribution is -0.124. The molecule has 0 spiro atoms. The Hall–Kier alpha value is -2.44. The minimum absolute atomic E-state index is 0.242.